The summed E-state index contributed by atoms with van der Waals surface area (Å²) in [7, 11) is 0. The van der Waals surface area contributed by atoms with Gasteiger partial charge in [-0.1, -0.05) is 60.2 Å². The van der Waals surface area contributed by atoms with Crippen molar-refractivity contribution in [3.05, 3.63) is 101 Å². The number of furan rings is 1. The lowest BCUT2D eigenvalue weighted by Gasteiger charge is -2.20. The summed E-state index contributed by atoms with van der Waals surface area (Å²) in [6.07, 6.45) is 3.54. The van der Waals surface area contributed by atoms with E-state index < -0.39 is 0 Å². The third-order valence-electron chi connectivity index (χ3n) is 5.32. The van der Waals surface area contributed by atoms with Crippen LogP contribution in [0.3, 0.4) is 0 Å². The maximum Gasteiger partial charge on any atom is 0.221 e. The first-order chi connectivity index (χ1) is 16.2. The van der Waals surface area contributed by atoms with Crippen LogP contribution in [0.25, 0.3) is 0 Å². The van der Waals surface area contributed by atoms with E-state index in [2.05, 4.69) is 57.9 Å². The maximum atomic E-state index is 12.5. The van der Waals surface area contributed by atoms with Crippen LogP contribution in [-0.4, -0.2) is 28.4 Å². The van der Waals surface area contributed by atoms with Crippen molar-refractivity contribution in [2.45, 2.75) is 32.7 Å². The Labute approximate surface area is 198 Å². The number of anilines is 1. The number of benzene rings is 2. The van der Waals surface area contributed by atoms with E-state index in [-0.39, 0.29) is 5.91 Å². The van der Waals surface area contributed by atoms with Crippen LogP contribution in [0.4, 0.5) is 5.13 Å². The first-order valence-electron chi connectivity index (χ1n) is 11.1. The monoisotopic (exact) mass is 460 g/mol. The number of aryl methyl sites for hydroxylation is 1. The van der Waals surface area contributed by atoms with Crippen molar-refractivity contribution in [3.63, 3.8) is 0 Å². The molecule has 4 rings (SSSR count). The minimum Gasteiger partial charge on any atom is -0.467 e. The Morgan fingerprint density at radius 1 is 1.03 bits per heavy atom. The smallest absolute Gasteiger partial charge is 0.221 e. The van der Waals surface area contributed by atoms with E-state index in [1.165, 1.54) is 28.2 Å². The van der Waals surface area contributed by atoms with Gasteiger partial charge >= 0.3 is 0 Å². The van der Waals surface area contributed by atoms with Crippen molar-refractivity contribution in [1.29, 1.82) is 0 Å². The number of aromatic nitrogens is 2. The summed E-state index contributed by atoms with van der Waals surface area (Å²) in [5, 5.41) is 3.81. The minimum absolute atomic E-state index is 0.0276. The highest BCUT2D eigenvalue weighted by Crippen LogP contribution is 2.22. The van der Waals surface area contributed by atoms with Crippen LogP contribution in [0.2, 0.25) is 0 Å². The van der Waals surface area contributed by atoms with E-state index in [1.54, 1.807) is 6.26 Å². The number of rotatable bonds is 11. The first-order valence-corrected chi connectivity index (χ1v) is 11.9. The molecule has 0 atom stereocenters. The Bertz CT molecular complexity index is 1120. The van der Waals surface area contributed by atoms with Crippen molar-refractivity contribution >= 4 is 22.6 Å². The van der Waals surface area contributed by atoms with Crippen LogP contribution in [-0.2, 0) is 24.2 Å². The summed E-state index contributed by atoms with van der Waals surface area (Å²) in [5.41, 5.74) is 3.63. The molecule has 4 aromatic rings. The van der Waals surface area contributed by atoms with Crippen LogP contribution in [0.5, 0.6) is 0 Å². The molecule has 0 radical (unpaired) electrons. The fourth-order valence-electron chi connectivity index (χ4n) is 3.48. The number of carbonyl (C=O) groups is 1. The zero-order chi connectivity index (χ0) is 22.9. The lowest BCUT2D eigenvalue weighted by Crippen LogP contribution is -2.31. The predicted molar refractivity (Wildman–Crippen MR) is 131 cm³/mol. The van der Waals surface area contributed by atoms with Crippen LogP contribution >= 0.6 is 11.5 Å². The highest BCUT2D eigenvalue weighted by Gasteiger charge is 2.16. The number of amides is 1. The van der Waals surface area contributed by atoms with E-state index >= 15 is 0 Å². The highest BCUT2D eigenvalue weighted by molar-refractivity contribution is 7.09. The lowest BCUT2D eigenvalue weighted by molar-refractivity contribution is -0.120. The molecule has 0 unspecified atom stereocenters. The van der Waals surface area contributed by atoms with Crippen molar-refractivity contribution in [3.8, 4) is 0 Å². The molecule has 0 bridgehead atoms. The third kappa shape index (κ3) is 7.02. The molecule has 2 heterocycles. The summed E-state index contributed by atoms with van der Waals surface area (Å²) in [5.74, 6) is 1.64. The Kier molecular flexibility index (Phi) is 7.87. The van der Waals surface area contributed by atoms with Gasteiger partial charge in [0.1, 0.15) is 11.6 Å². The Morgan fingerprint density at radius 3 is 2.61 bits per heavy atom. The van der Waals surface area contributed by atoms with Gasteiger partial charge < -0.3 is 14.6 Å². The molecule has 0 saturated heterocycles. The van der Waals surface area contributed by atoms with Crippen LogP contribution in [0.15, 0.2) is 77.4 Å². The fraction of sp³-hybridized carbons (Fsp3) is 0.269. The summed E-state index contributed by atoms with van der Waals surface area (Å²) < 4.78 is 10.1. The molecule has 0 fully saturated rings. The number of carbonyl (C=O) groups excluding carboxylic acids is 1. The van der Waals surface area contributed by atoms with Gasteiger partial charge in [0.25, 0.3) is 0 Å². The van der Waals surface area contributed by atoms with Crippen molar-refractivity contribution in [2.24, 2.45) is 0 Å². The first kappa shape index (κ1) is 22.7. The van der Waals surface area contributed by atoms with Crippen LogP contribution in [0, 0.1) is 6.92 Å². The van der Waals surface area contributed by atoms with Crippen molar-refractivity contribution < 1.29 is 9.21 Å². The molecule has 0 aliphatic heterocycles. The zero-order valence-corrected chi connectivity index (χ0v) is 19.6. The lowest BCUT2D eigenvalue weighted by atomic mass is 10.1. The van der Waals surface area contributed by atoms with E-state index in [1.807, 2.05) is 30.3 Å². The normalized spacial score (nSPS) is 10.8. The molecule has 1 amide bonds. The van der Waals surface area contributed by atoms with Gasteiger partial charge in [0.05, 0.1) is 12.8 Å². The molecule has 0 aliphatic carbocycles. The van der Waals surface area contributed by atoms with E-state index in [0.29, 0.717) is 32.5 Å². The van der Waals surface area contributed by atoms with E-state index in [0.717, 1.165) is 23.1 Å². The van der Waals surface area contributed by atoms with Gasteiger partial charge in [-0.2, -0.15) is 4.37 Å². The van der Waals surface area contributed by atoms with Gasteiger partial charge in [-0.25, -0.2) is 4.98 Å². The average molecular weight is 461 g/mol. The highest BCUT2D eigenvalue weighted by atomic mass is 32.1. The summed E-state index contributed by atoms with van der Waals surface area (Å²) in [6, 6.07) is 22.4. The molecule has 2 aromatic heterocycles. The molecule has 7 heteroatoms. The number of nitrogens with zero attached hydrogens (tertiary/aromatic N) is 3. The predicted octanol–water partition coefficient (Wildman–Crippen LogP) is 4.79. The average Bonchev–Trinajstić information content (AvgIpc) is 3.51. The SMILES string of the molecule is Cc1ccc(Cc2nsc(N(CCC(=O)NCCc3ccccc3)Cc3ccco3)n2)cc1. The number of hydrogen-bond donors (Lipinski definition) is 1. The van der Waals surface area contributed by atoms with Gasteiger partial charge in [-0.3, -0.25) is 4.79 Å². The minimum atomic E-state index is 0.0276. The van der Waals surface area contributed by atoms with Crippen LogP contribution in [0.1, 0.15) is 34.7 Å². The van der Waals surface area contributed by atoms with Crippen molar-refractivity contribution in [1.82, 2.24) is 14.7 Å². The second-order valence-electron chi connectivity index (χ2n) is 7.99. The van der Waals surface area contributed by atoms with E-state index in [4.69, 9.17) is 9.40 Å². The fourth-order valence-corrected chi connectivity index (χ4v) is 4.19. The molecule has 0 aliphatic rings. The summed E-state index contributed by atoms with van der Waals surface area (Å²) in [6.45, 7) is 3.79. The standard InChI is InChI=1S/C26H28N4O2S/c1-20-9-11-22(12-10-20)18-24-28-26(33-29-24)30(19-23-8-5-17-32-23)16-14-25(31)27-15-13-21-6-3-2-4-7-21/h2-12,17H,13-16,18-19H2,1H3,(H,27,31). The molecule has 170 valence electrons. The largest absolute Gasteiger partial charge is 0.467 e. The molecule has 33 heavy (non-hydrogen) atoms. The van der Waals surface area contributed by atoms with E-state index in [9.17, 15) is 4.79 Å². The van der Waals surface area contributed by atoms with Gasteiger partial charge in [0.15, 0.2) is 0 Å². The molecule has 1 N–H and O–H groups in total. The number of nitrogens with one attached hydrogen (secondary N) is 1. The summed E-state index contributed by atoms with van der Waals surface area (Å²) in [4.78, 5) is 19.3. The van der Waals surface area contributed by atoms with Gasteiger partial charge in [0, 0.05) is 37.5 Å². The molecule has 6 nitrogen and oxygen atoms in total. The second kappa shape index (κ2) is 11.4. The molecule has 2 aromatic carbocycles. The van der Waals surface area contributed by atoms with Crippen LogP contribution < -0.4 is 10.2 Å². The Morgan fingerprint density at radius 2 is 1.85 bits per heavy atom. The topological polar surface area (TPSA) is 71.3 Å². The molecular formula is C26H28N4O2S. The third-order valence-corrected chi connectivity index (χ3v) is 6.14. The molecule has 0 saturated carbocycles. The Hall–Kier alpha value is -3.45. The maximum absolute atomic E-state index is 12.5. The Balaban J connectivity index is 1.34. The molecule has 0 spiro atoms. The van der Waals surface area contributed by atoms with Gasteiger partial charge in [0.2, 0.25) is 11.0 Å². The van der Waals surface area contributed by atoms with Crippen molar-refractivity contribution in [2.75, 3.05) is 18.0 Å². The van der Waals surface area contributed by atoms with Gasteiger partial charge in [-0.15, -0.1) is 0 Å². The quantitative estimate of drug-likeness (QED) is 0.349. The van der Waals surface area contributed by atoms with Gasteiger partial charge in [-0.05, 0) is 36.6 Å². The molecular weight excluding hydrogens is 432 g/mol. The number of hydrogen-bond acceptors (Lipinski definition) is 6. The zero-order valence-electron chi connectivity index (χ0n) is 18.7. The second-order valence-corrected chi connectivity index (χ2v) is 8.72. The summed E-state index contributed by atoms with van der Waals surface area (Å²) >= 11 is 1.36.